The Labute approximate surface area is 364 Å². The van der Waals surface area contributed by atoms with Gasteiger partial charge in [-0.05, 0) is 90.3 Å². The first-order valence-corrected chi connectivity index (χ1v) is 21.3. The summed E-state index contributed by atoms with van der Waals surface area (Å²) in [4.78, 5) is 16.6. The number of nitrogens with zero attached hydrogens (tertiary/aromatic N) is 3. The predicted octanol–water partition coefficient (Wildman–Crippen LogP) is 15.7. The number of fused-ring (bicyclic) bond motifs is 5. The molecule has 4 nitrogen and oxygen atoms in total. The summed E-state index contributed by atoms with van der Waals surface area (Å²) in [5.74, 6) is 1.70. The summed E-state index contributed by atoms with van der Waals surface area (Å²) < 4.78 is 6.67. The Kier molecular flexibility index (Phi) is 8.79. The van der Waals surface area contributed by atoms with Crippen molar-refractivity contribution in [3.63, 3.8) is 0 Å². The van der Waals surface area contributed by atoms with E-state index in [1.54, 1.807) is 0 Å². The SMILES string of the molecule is c1ccc(-c2cccc(-c3ccc4ccccc4c3-c3nc(-c4c(-c5cccc(-c6ccccc6)c5)ccc5ccccc45)nc(-c4cccc5c4oc4ccccc45)n3)c2)cc1. The lowest BCUT2D eigenvalue weighted by Gasteiger charge is -2.18. The van der Waals surface area contributed by atoms with Crippen LogP contribution < -0.4 is 0 Å². The number of furan rings is 1. The zero-order valence-electron chi connectivity index (χ0n) is 34.1. The molecule has 63 heavy (non-hydrogen) atoms. The van der Waals surface area contributed by atoms with E-state index in [2.05, 4.69) is 206 Å². The zero-order valence-corrected chi connectivity index (χ0v) is 34.1. The molecule has 0 saturated carbocycles. The third kappa shape index (κ3) is 6.44. The molecule has 0 aliphatic rings. The monoisotopic (exact) mass is 803 g/mol. The molecule has 0 fully saturated rings. The number of rotatable bonds is 7. The van der Waals surface area contributed by atoms with Crippen molar-refractivity contribution in [2.75, 3.05) is 0 Å². The second-order valence-electron chi connectivity index (χ2n) is 15.9. The Hall–Kier alpha value is -8.47. The highest BCUT2D eigenvalue weighted by Gasteiger charge is 2.23. The summed E-state index contributed by atoms with van der Waals surface area (Å²) in [6.07, 6.45) is 0. The van der Waals surface area contributed by atoms with Gasteiger partial charge in [0.25, 0.3) is 0 Å². The first-order valence-electron chi connectivity index (χ1n) is 21.3. The standard InChI is InChI=1S/C59H37N3O/c1-3-16-38(17-4-1)42-22-13-24-44(36-42)48-34-32-40-20-7-9-26-46(40)54(48)58-60-57(52-30-15-29-51-50-28-11-12-31-53(50)63-56(51)52)61-59(62-58)55-47-27-10-8-21-41(47)33-35-49(55)45-25-14-23-43(37-45)39-18-5-2-6-19-39/h1-37H. The fraction of sp³-hybridized carbons (Fsp3) is 0. The first kappa shape index (κ1) is 36.4. The lowest BCUT2D eigenvalue weighted by Crippen LogP contribution is -2.03. The molecular formula is C59H37N3O. The molecule has 2 aromatic heterocycles. The molecule has 0 spiro atoms. The van der Waals surface area contributed by atoms with Crippen LogP contribution in [-0.2, 0) is 0 Å². The van der Waals surface area contributed by atoms with Crippen LogP contribution in [0.15, 0.2) is 229 Å². The van der Waals surface area contributed by atoms with Gasteiger partial charge in [-0.2, -0.15) is 0 Å². The highest BCUT2D eigenvalue weighted by molar-refractivity contribution is 6.10. The molecule has 0 bridgehead atoms. The molecule has 294 valence electrons. The molecule has 0 aliphatic carbocycles. The van der Waals surface area contributed by atoms with Crippen molar-refractivity contribution in [2.24, 2.45) is 0 Å². The smallest absolute Gasteiger partial charge is 0.167 e. The molecule has 10 aromatic carbocycles. The third-order valence-electron chi connectivity index (χ3n) is 12.1. The van der Waals surface area contributed by atoms with Crippen LogP contribution in [0.25, 0.3) is 122 Å². The Morgan fingerprint density at radius 1 is 0.270 bits per heavy atom. The average Bonchev–Trinajstić information content (AvgIpc) is 3.75. The molecule has 0 amide bonds. The maximum absolute atomic E-state index is 6.67. The number of hydrogen-bond acceptors (Lipinski definition) is 4. The van der Waals surface area contributed by atoms with Gasteiger partial charge in [0.05, 0.1) is 5.56 Å². The number of benzene rings is 10. The van der Waals surface area contributed by atoms with Gasteiger partial charge in [0.15, 0.2) is 17.5 Å². The molecule has 0 aliphatic heterocycles. The molecule has 4 heteroatoms. The lowest BCUT2D eigenvalue weighted by molar-refractivity contribution is 0.669. The summed E-state index contributed by atoms with van der Waals surface area (Å²) in [5, 5.41) is 6.37. The highest BCUT2D eigenvalue weighted by Crippen LogP contribution is 2.43. The number of hydrogen-bond donors (Lipinski definition) is 0. The van der Waals surface area contributed by atoms with E-state index in [4.69, 9.17) is 19.4 Å². The molecule has 0 saturated heterocycles. The van der Waals surface area contributed by atoms with Crippen LogP contribution in [0.5, 0.6) is 0 Å². The van der Waals surface area contributed by atoms with Crippen LogP contribution >= 0.6 is 0 Å². The summed E-state index contributed by atoms with van der Waals surface area (Å²) in [7, 11) is 0. The Morgan fingerprint density at radius 2 is 0.698 bits per heavy atom. The van der Waals surface area contributed by atoms with Crippen LogP contribution in [-0.4, -0.2) is 15.0 Å². The van der Waals surface area contributed by atoms with Crippen molar-refractivity contribution in [3.8, 4) is 78.7 Å². The van der Waals surface area contributed by atoms with Crippen LogP contribution in [0.4, 0.5) is 0 Å². The van der Waals surface area contributed by atoms with Gasteiger partial charge in [0, 0.05) is 21.9 Å². The van der Waals surface area contributed by atoms with E-state index >= 15 is 0 Å². The van der Waals surface area contributed by atoms with Crippen molar-refractivity contribution in [3.05, 3.63) is 224 Å². The van der Waals surface area contributed by atoms with E-state index in [1.807, 2.05) is 18.2 Å². The van der Waals surface area contributed by atoms with Gasteiger partial charge in [-0.1, -0.05) is 200 Å². The maximum atomic E-state index is 6.67. The molecule has 0 atom stereocenters. The van der Waals surface area contributed by atoms with Crippen molar-refractivity contribution >= 4 is 43.5 Å². The van der Waals surface area contributed by atoms with E-state index < -0.39 is 0 Å². The van der Waals surface area contributed by atoms with Gasteiger partial charge in [0.2, 0.25) is 0 Å². The average molecular weight is 804 g/mol. The van der Waals surface area contributed by atoms with Gasteiger partial charge < -0.3 is 4.42 Å². The van der Waals surface area contributed by atoms with Crippen LogP contribution in [0.1, 0.15) is 0 Å². The van der Waals surface area contributed by atoms with E-state index in [0.717, 1.165) is 105 Å². The summed E-state index contributed by atoms with van der Waals surface area (Å²) in [6, 6.07) is 78.8. The van der Waals surface area contributed by atoms with Gasteiger partial charge in [0.1, 0.15) is 11.2 Å². The Bertz CT molecular complexity index is 3500. The molecule has 0 radical (unpaired) electrons. The van der Waals surface area contributed by atoms with Crippen LogP contribution in [0, 0.1) is 0 Å². The van der Waals surface area contributed by atoms with Crippen LogP contribution in [0.3, 0.4) is 0 Å². The van der Waals surface area contributed by atoms with Gasteiger partial charge in [-0.15, -0.1) is 0 Å². The van der Waals surface area contributed by atoms with E-state index in [0.29, 0.717) is 17.5 Å². The second-order valence-corrected chi connectivity index (χ2v) is 15.9. The zero-order chi connectivity index (χ0) is 41.7. The predicted molar refractivity (Wildman–Crippen MR) is 260 cm³/mol. The molecule has 0 unspecified atom stereocenters. The quantitative estimate of drug-likeness (QED) is 0.161. The largest absolute Gasteiger partial charge is 0.455 e. The number of para-hydroxylation sites is 2. The summed E-state index contributed by atoms with van der Waals surface area (Å²) >= 11 is 0. The molecular weight excluding hydrogens is 767 g/mol. The minimum atomic E-state index is 0.536. The van der Waals surface area contributed by atoms with E-state index in [1.165, 1.54) is 0 Å². The van der Waals surface area contributed by atoms with Crippen molar-refractivity contribution in [1.82, 2.24) is 15.0 Å². The van der Waals surface area contributed by atoms with Crippen molar-refractivity contribution in [2.45, 2.75) is 0 Å². The summed E-state index contributed by atoms with van der Waals surface area (Å²) in [5.41, 5.74) is 13.0. The van der Waals surface area contributed by atoms with Gasteiger partial charge in [-0.3, -0.25) is 0 Å². The fourth-order valence-corrected chi connectivity index (χ4v) is 9.14. The first-order chi connectivity index (χ1) is 31.2. The second kappa shape index (κ2) is 15.2. The van der Waals surface area contributed by atoms with Gasteiger partial charge in [-0.25, -0.2) is 15.0 Å². The molecule has 0 N–H and O–H groups in total. The summed E-state index contributed by atoms with van der Waals surface area (Å²) in [6.45, 7) is 0. The lowest BCUT2D eigenvalue weighted by atomic mass is 9.91. The molecule has 12 aromatic rings. The minimum Gasteiger partial charge on any atom is -0.455 e. The normalized spacial score (nSPS) is 11.5. The number of aromatic nitrogens is 3. The topological polar surface area (TPSA) is 51.8 Å². The Morgan fingerprint density at radius 3 is 1.27 bits per heavy atom. The van der Waals surface area contributed by atoms with Crippen LogP contribution in [0.2, 0.25) is 0 Å². The van der Waals surface area contributed by atoms with E-state index in [-0.39, 0.29) is 0 Å². The Balaban J connectivity index is 1.17. The fourth-order valence-electron chi connectivity index (χ4n) is 9.14. The maximum Gasteiger partial charge on any atom is 0.167 e. The molecule has 2 heterocycles. The van der Waals surface area contributed by atoms with Crippen molar-refractivity contribution < 1.29 is 4.42 Å². The van der Waals surface area contributed by atoms with Crippen molar-refractivity contribution in [1.29, 1.82) is 0 Å². The highest BCUT2D eigenvalue weighted by atomic mass is 16.3. The minimum absolute atomic E-state index is 0.536. The van der Waals surface area contributed by atoms with E-state index in [9.17, 15) is 0 Å². The van der Waals surface area contributed by atoms with Gasteiger partial charge >= 0.3 is 0 Å². The third-order valence-corrected chi connectivity index (χ3v) is 12.1. The molecule has 12 rings (SSSR count).